The third kappa shape index (κ3) is 6.09. The second-order valence-electron chi connectivity index (χ2n) is 7.39. The zero-order chi connectivity index (χ0) is 25.2. The van der Waals surface area contributed by atoms with Gasteiger partial charge in [-0.25, -0.2) is 0 Å². The molecule has 35 heavy (non-hydrogen) atoms. The SMILES string of the molecule is O=C1S/C(=C\c2cc(N=Nc3cccc(C(F)(F)F)c3)ccc2O)C(=O)N1Cc1ccc(I)cc1. The van der Waals surface area contributed by atoms with Crippen molar-refractivity contribution in [1.29, 1.82) is 0 Å². The van der Waals surface area contributed by atoms with Gasteiger partial charge in [0.2, 0.25) is 0 Å². The number of azo groups is 1. The first-order chi connectivity index (χ1) is 16.6. The molecule has 178 valence electrons. The molecule has 0 unspecified atom stereocenters. The van der Waals surface area contributed by atoms with Gasteiger partial charge in [-0.05, 0) is 94.5 Å². The Labute approximate surface area is 215 Å². The van der Waals surface area contributed by atoms with Crippen LogP contribution in [-0.4, -0.2) is 21.2 Å². The van der Waals surface area contributed by atoms with Crippen LogP contribution in [-0.2, 0) is 17.5 Å². The van der Waals surface area contributed by atoms with Gasteiger partial charge in [0.15, 0.2) is 0 Å². The number of hydrogen-bond acceptors (Lipinski definition) is 6. The van der Waals surface area contributed by atoms with Crippen molar-refractivity contribution in [3.8, 4) is 5.75 Å². The predicted molar refractivity (Wildman–Crippen MR) is 134 cm³/mol. The number of carbonyl (C=O) groups excluding carboxylic acids is 2. The van der Waals surface area contributed by atoms with E-state index in [1.165, 1.54) is 36.4 Å². The van der Waals surface area contributed by atoms with Crippen molar-refractivity contribution in [2.45, 2.75) is 12.7 Å². The summed E-state index contributed by atoms with van der Waals surface area (Å²) in [5, 5.41) is 17.6. The standard InChI is InChI=1S/C24H15F3IN3O3S/c25-24(26,27)16-2-1-3-18(12-16)29-30-19-8-9-20(32)15(10-19)11-21-22(33)31(23(34)35-21)13-14-4-6-17(28)7-5-14/h1-12,32H,13H2/b21-11-,30-29?. The fraction of sp³-hybridized carbons (Fsp3) is 0.0833. The number of rotatable bonds is 5. The lowest BCUT2D eigenvalue weighted by atomic mass is 10.1. The van der Waals surface area contributed by atoms with E-state index in [2.05, 4.69) is 32.8 Å². The number of carbonyl (C=O) groups is 2. The summed E-state index contributed by atoms with van der Waals surface area (Å²) in [6.45, 7) is 0.121. The number of hydrogen-bond donors (Lipinski definition) is 1. The zero-order valence-electron chi connectivity index (χ0n) is 17.7. The van der Waals surface area contributed by atoms with Gasteiger partial charge in [0.1, 0.15) is 5.75 Å². The highest BCUT2D eigenvalue weighted by Gasteiger charge is 2.35. The van der Waals surface area contributed by atoms with Gasteiger partial charge in [0.25, 0.3) is 11.1 Å². The molecule has 1 aliphatic rings. The van der Waals surface area contributed by atoms with Crippen LogP contribution >= 0.6 is 34.4 Å². The van der Waals surface area contributed by atoms with E-state index < -0.39 is 22.9 Å². The predicted octanol–water partition coefficient (Wildman–Crippen LogP) is 7.67. The minimum Gasteiger partial charge on any atom is -0.507 e. The lowest BCUT2D eigenvalue weighted by Crippen LogP contribution is -2.27. The molecule has 1 N–H and O–H groups in total. The van der Waals surface area contributed by atoms with Crippen LogP contribution in [0, 0.1) is 3.57 Å². The molecule has 0 atom stereocenters. The molecule has 1 heterocycles. The summed E-state index contributed by atoms with van der Waals surface area (Å²) in [5.41, 5.74) is 0.413. The highest BCUT2D eigenvalue weighted by atomic mass is 127. The fourth-order valence-corrected chi connectivity index (χ4v) is 4.32. The quantitative estimate of drug-likeness (QED) is 0.183. The van der Waals surface area contributed by atoms with Gasteiger partial charge in [-0.3, -0.25) is 14.5 Å². The van der Waals surface area contributed by atoms with Crippen LogP contribution in [0.5, 0.6) is 5.75 Å². The molecule has 0 saturated carbocycles. The summed E-state index contributed by atoms with van der Waals surface area (Å²) < 4.78 is 39.7. The summed E-state index contributed by atoms with van der Waals surface area (Å²) in [4.78, 5) is 26.5. The van der Waals surface area contributed by atoms with Crippen LogP contribution < -0.4 is 0 Å². The Bertz CT molecular complexity index is 1360. The monoisotopic (exact) mass is 609 g/mol. The van der Waals surface area contributed by atoms with Gasteiger partial charge >= 0.3 is 6.18 Å². The van der Waals surface area contributed by atoms with Gasteiger partial charge in [0, 0.05) is 9.13 Å². The summed E-state index contributed by atoms with van der Waals surface area (Å²) >= 11 is 2.91. The molecule has 0 aromatic heterocycles. The molecule has 0 aliphatic carbocycles. The molecule has 0 spiro atoms. The topological polar surface area (TPSA) is 82.3 Å². The minimum absolute atomic E-state index is 0.00571. The van der Waals surface area contributed by atoms with E-state index in [0.29, 0.717) is 0 Å². The maximum atomic E-state index is 12.9. The van der Waals surface area contributed by atoms with Gasteiger partial charge in [-0.2, -0.15) is 23.4 Å². The van der Waals surface area contributed by atoms with Gasteiger partial charge in [0.05, 0.1) is 28.4 Å². The number of nitrogens with zero attached hydrogens (tertiary/aromatic N) is 3. The highest BCUT2D eigenvalue weighted by molar-refractivity contribution is 14.1. The Hall–Kier alpha value is -3.19. The summed E-state index contributed by atoms with van der Waals surface area (Å²) in [7, 11) is 0. The highest BCUT2D eigenvalue weighted by Crippen LogP contribution is 2.36. The molecule has 0 bridgehead atoms. The minimum atomic E-state index is -4.50. The number of imide groups is 1. The van der Waals surface area contributed by atoms with E-state index in [1.54, 1.807) is 0 Å². The molecular formula is C24H15F3IN3O3S. The fourth-order valence-electron chi connectivity index (χ4n) is 3.13. The summed E-state index contributed by atoms with van der Waals surface area (Å²) in [6.07, 6.45) is -3.13. The zero-order valence-corrected chi connectivity index (χ0v) is 20.6. The van der Waals surface area contributed by atoms with Crippen LogP contribution in [0.25, 0.3) is 6.08 Å². The van der Waals surface area contributed by atoms with Crippen molar-refractivity contribution in [1.82, 2.24) is 4.90 Å². The van der Waals surface area contributed by atoms with Crippen molar-refractivity contribution < 1.29 is 27.9 Å². The first-order valence-electron chi connectivity index (χ1n) is 10.0. The van der Waals surface area contributed by atoms with Crippen molar-refractivity contribution in [2.75, 3.05) is 0 Å². The number of benzene rings is 3. The Morgan fingerprint density at radius 3 is 2.34 bits per heavy atom. The maximum Gasteiger partial charge on any atom is 0.416 e. The van der Waals surface area contributed by atoms with Crippen LogP contribution in [0.1, 0.15) is 16.7 Å². The Morgan fingerprint density at radius 1 is 0.971 bits per heavy atom. The van der Waals surface area contributed by atoms with E-state index in [0.717, 1.165) is 37.9 Å². The van der Waals surface area contributed by atoms with Gasteiger partial charge in [-0.15, -0.1) is 0 Å². The Morgan fingerprint density at radius 2 is 1.66 bits per heavy atom. The molecule has 2 amide bonds. The molecule has 3 aromatic rings. The molecule has 1 fully saturated rings. The first-order valence-corrected chi connectivity index (χ1v) is 11.9. The maximum absolute atomic E-state index is 12.9. The first kappa shape index (κ1) is 24.9. The molecule has 6 nitrogen and oxygen atoms in total. The second-order valence-corrected chi connectivity index (χ2v) is 9.62. The molecule has 3 aromatic carbocycles. The number of phenolic OH excluding ortho intramolecular Hbond substituents is 1. The third-order valence-corrected chi connectivity index (χ3v) is 6.51. The van der Waals surface area contributed by atoms with Gasteiger partial charge < -0.3 is 5.11 Å². The number of phenols is 1. The number of amides is 2. The molecule has 11 heteroatoms. The van der Waals surface area contributed by atoms with E-state index in [9.17, 15) is 27.9 Å². The number of aromatic hydroxyl groups is 1. The largest absolute Gasteiger partial charge is 0.507 e. The van der Waals surface area contributed by atoms with E-state index in [1.807, 2.05) is 24.3 Å². The van der Waals surface area contributed by atoms with E-state index >= 15 is 0 Å². The van der Waals surface area contributed by atoms with Crippen molar-refractivity contribution in [3.05, 3.63) is 91.9 Å². The Balaban J connectivity index is 1.54. The lowest BCUT2D eigenvalue weighted by molar-refractivity contribution is -0.137. The van der Waals surface area contributed by atoms with Crippen molar-refractivity contribution in [3.63, 3.8) is 0 Å². The van der Waals surface area contributed by atoms with E-state index in [4.69, 9.17) is 0 Å². The molecule has 1 saturated heterocycles. The molecule has 0 radical (unpaired) electrons. The number of thioether (sulfide) groups is 1. The smallest absolute Gasteiger partial charge is 0.416 e. The molecular weight excluding hydrogens is 594 g/mol. The average Bonchev–Trinajstić information content (AvgIpc) is 3.08. The van der Waals surface area contributed by atoms with E-state index in [-0.39, 0.29) is 34.1 Å². The summed E-state index contributed by atoms with van der Waals surface area (Å²) in [5.74, 6) is -0.651. The number of halogens is 4. The van der Waals surface area contributed by atoms with Gasteiger partial charge in [-0.1, -0.05) is 18.2 Å². The van der Waals surface area contributed by atoms with Crippen LogP contribution in [0.15, 0.2) is 81.9 Å². The van der Waals surface area contributed by atoms with Crippen LogP contribution in [0.3, 0.4) is 0 Å². The normalized spacial score (nSPS) is 15.5. The number of alkyl halides is 3. The molecule has 1 aliphatic heterocycles. The van der Waals surface area contributed by atoms with Crippen molar-refractivity contribution in [2.24, 2.45) is 10.2 Å². The van der Waals surface area contributed by atoms with Crippen LogP contribution in [0.4, 0.5) is 29.3 Å². The third-order valence-electron chi connectivity index (χ3n) is 4.88. The lowest BCUT2D eigenvalue weighted by Gasteiger charge is -2.12. The second kappa shape index (κ2) is 10.2. The summed E-state index contributed by atoms with van der Waals surface area (Å²) in [6, 6.07) is 16.0. The average molecular weight is 609 g/mol. The molecule has 4 rings (SSSR count). The van der Waals surface area contributed by atoms with Crippen molar-refractivity contribution >= 4 is 62.9 Å². The van der Waals surface area contributed by atoms with Crippen LogP contribution in [0.2, 0.25) is 0 Å². The Kier molecular flexibility index (Phi) is 7.26.